The van der Waals surface area contributed by atoms with Crippen LogP contribution in [0.15, 0.2) is 41.0 Å². The van der Waals surface area contributed by atoms with Crippen molar-refractivity contribution >= 4 is 16.9 Å². The fraction of sp³-hybridized carbons (Fsp3) is 0.353. The quantitative estimate of drug-likeness (QED) is 0.848. The molecule has 2 atom stereocenters. The molecule has 2 N–H and O–H groups in total. The molecule has 0 radical (unpaired) electrons. The Hall–Kier alpha value is -2.07. The largest absolute Gasteiger partial charge is 0.464 e. The number of carbonyl (C=O) groups is 1. The molecule has 1 heterocycles. The lowest BCUT2D eigenvalue weighted by molar-refractivity contribution is -0.120. The Labute approximate surface area is 123 Å². The second-order valence-corrected chi connectivity index (χ2v) is 5.67. The Morgan fingerprint density at radius 2 is 2.29 bits per heavy atom. The number of aliphatic hydroxyl groups excluding tert-OH is 1. The lowest BCUT2D eigenvalue weighted by Crippen LogP contribution is -2.34. The van der Waals surface area contributed by atoms with E-state index in [0.717, 1.165) is 28.5 Å². The molecule has 1 aromatic heterocycles. The van der Waals surface area contributed by atoms with Crippen LogP contribution in [0, 0.1) is 12.8 Å². The average molecular weight is 285 g/mol. The zero-order chi connectivity index (χ0) is 14.8. The zero-order valence-electron chi connectivity index (χ0n) is 12.0. The van der Waals surface area contributed by atoms with E-state index in [0.29, 0.717) is 6.42 Å². The minimum Gasteiger partial charge on any atom is -0.464 e. The maximum atomic E-state index is 12.1. The van der Waals surface area contributed by atoms with Crippen LogP contribution in [0.5, 0.6) is 0 Å². The van der Waals surface area contributed by atoms with Gasteiger partial charge in [-0.1, -0.05) is 24.3 Å². The van der Waals surface area contributed by atoms with Gasteiger partial charge in [-0.2, -0.15) is 0 Å². The second kappa shape index (κ2) is 5.74. The molecule has 3 rings (SSSR count). The molecule has 110 valence electrons. The smallest absolute Gasteiger partial charge is 0.225 e. The third-order valence-electron chi connectivity index (χ3n) is 3.92. The highest BCUT2D eigenvalue weighted by atomic mass is 16.3. The van der Waals surface area contributed by atoms with Crippen LogP contribution < -0.4 is 5.32 Å². The summed E-state index contributed by atoms with van der Waals surface area (Å²) < 4.78 is 5.51. The van der Waals surface area contributed by atoms with Gasteiger partial charge < -0.3 is 14.8 Å². The van der Waals surface area contributed by atoms with E-state index in [1.54, 1.807) is 6.26 Å². The van der Waals surface area contributed by atoms with Crippen molar-refractivity contribution in [2.24, 2.45) is 5.92 Å². The molecule has 1 aliphatic rings. The average Bonchev–Trinajstić information content (AvgIpc) is 3.06. The maximum Gasteiger partial charge on any atom is 0.225 e. The van der Waals surface area contributed by atoms with E-state index < -0.39 is 0 Å². The number of rotatable bonds is 4. The predicted molar refractivity (Wildman–Crippen MR) is 80.9 cm³/mol. The van der Waals surface area contributed by atoms with E-state index in [4.69, 9.17) is 9.52 Å². The Balaban J connectivity index is 1.65. The van der Waals surface area contributed by atoms with Gasteiger partial charge in [0.25, 0.3) is 0 Å². The standard InChI is InChI=1S/C17H19NO3/c1-11-2-5-15-13(10-21-16(15)6-11)8-17(20)18-14-4-3-12(7-14)9-19/h2-6,10,12,14,19H,7-9H2,1H3,(H,18,20)/t12-,14+/m0/s1. The van der Waals surface area contributed by atoms with E-state index in [2.05, 4.69) is 5.32 Å². The first-order valence-electron chi connectivity index (χ1n) is 7.21. The molecular formula is C17H19NO3. The molecule has 2 aromatic rings. The summed E-state index contributed by atoms with van der Waals surface area (Å²) in [6.45, 7) is 2.15. The lowest BCUT2D eigenvalue weighted by Gasteiger charge is -2.12. The van der Waals surface area contributed by atoms with Crippen LogP contribution in [-0.2, 0) is 11.2 Å². The van der Waals surface area contributed by atoms with Crippen molar-refractivity contribution in [1.82, 2.24) is 5.32 Å². The molecule has 0 fully saturated rings. The van der Waals surface area contributed by atoms with Crippen LogP contribution in [0.1, 0.15) is 17.5 Å². The number of hydrogen-bond donors (Lipinski definition) is 2. The van der Waals surface area contributed by atoms with Crippen LogP contribution >= 0.6 is 0 Å². The van der Waals surface area contributed by atoms with Crippen LogP contribution in [-0.4, -0.2) is 23.7 Å². The molecule has 0 bridgehead atoms. The van der Waals surface area contributed by atoms with Crippen LogP contribution in [0.4, 0.5) is 0 Å². The third kappa shape index (κ3) is 3.00. The van der Waals surface area contributed by atoms with E-state index in [9.17, 15) is 4.79 Å². The van der Waals surface area contributed by atoms with Gasteiger partial charge in [-0.05, 0) is 25.0 Å². The van der Waals surface area contributed by atoms with Crippen molar-refractivity contribution in [3.8, 4) is 0 Å². The summed E-state index contributed by atoms with van der Waals surface area (Å²) in [5.74, 6) is 0.138. The highest BCUT2D eigenvalue weighted by Gasteiger charge is 2.20. The SMILES string of the molecule is Cc1ccc2c(CC(=O)N[C@@H]3C=C[C@H](CO)C3)coc2c1. The van der Waals surface area contributed by atoms with E-state index in [1.807, 2.05) is 37.3 Å². The normalized spacial score (nSPS) is 21.0. The van der Waals surface area contributed by atoms with Crippen LogP contribution in [0.3, 0.4) is 0 Å². The number of hydrogen-bond acceptors (Lipinski definition) is 3. The van der Waals surface area contributed by atoms with E-state index >= 15 is 0 Å². The first-order valence-corrected chi connectivity index (χ1v) is 7.21. The Morgan fingerprint density at radius 1 is 1.43 bits per heavy atom. The molecule has 21 heavy (non-hydrogen) atoms. The molecule has 1 amide bonds. The molecule has 4 nitrogen and oxygen atoms in total. The predicted octanol–water partition coefficient (Wildman–Crippen LogP) is 2.34. The highest BCUT2D eigenvalue weighted by Crippen LogP contribution is 2.23. The van der Waals surface area contributed by atoms with Crippen LogP contribution in [0.2, 0.25) is 0 Å². The van der Waals surface area contributed by atoms with E-state index in [1.165, 1.54) is 0 Å². The number of aliphatic hydroxyl groups is 1. The maximum absolute atomic E-state index is 12.1. The highest BCUT2D eigenvalue weighted by molar-refractivity contribution is 5.88. The number of benzene rings is 1. The second-order valence-electron chi connectivity index (χ2n) is 5.67. The number of nitrogens with one attached hydrogen (secondary N) is 1. The summed E-state index contributed by atoms with van der Waals surface area (Å²) in [7, 11) is 0. The minimum atomic E-state index is -0.0217. The Kier molecular flexibility index (Phi) is 3.80. The number of aryl methyl sites for hydroxylation is 1. The van der Waals surface area contributed by atoms with Gasteiger partial charge in [-0.25, -0.2) is 0 Å². The fourth-order valence-electron chi connectivity index (χ4n) is 2.78. The third-order valence-corrected chi connectivity index (χ3v) is 3.92. The molecule has 0 saturated heterocycles. The molecule has 0 aliphatic heterocycles. The summed E-state index contributed by atoms with van der Waals surface area (Å²) in [4.78, 5) is 12.1. The monoisotopic (exact) mass is 285 g/mol. The number of amides is 1. The first-order chi connectivity index (χ1) is 10.2. The summed E-state index contributed by atoms with van der Waals surface area (Å²) >= 11 is 0. The number of carbonyl (C=O) groups excluding carboxylic acids is 1. The molecule has 1 aromatic carbocycles. The van der Waals surface area contributed by atoms with Crippen molar-refractivity contribution in [3.05, 3.63) is 47.7 Å². The summed E-state index contributed by atoms with van der Waals surface area (Å²) in [5, 5.41) is 13.1. The van der Waals surface area contributed by atoms with E-state index in [-0.39, 0.29) is 24.5 Å². The molecule has 0 spiro atoms. The number of fused-ring (bicyclic) bond motifs is 1. The summed E-state index contributed by atoms with van der Waals surface area (Å²) in [5.41, 5.74) is 2.86. The molecular weight excluding hydrogens is 266 g/mol. The van der Waals surface area contributed by atoms with Gasteiger partial charge in [0.15, 0.2) is 0 Å². The molecule has 1 aliphatic carbocycles. The number of furan rings is 1. The van der Waals surface area contributed by atoms with Crippen molar-refractivity contribution in [1.29, 1.82) is 0 Å². The van der Waals surface area contributed by atoms with Gasteiger partial charge in [0.2, 0.25) is 5.91 Å². The molecule has 0 saturated carbocycles. The topological polar surface area (TPSA) is 62.5 Å². The molecule has 0 unspecified atom stereocenters. The van der Waals surface area contributed by atoms with Crippen molar-refractivity contribution < 1.29 is 14.3 Å². The fourth-order valence-corrected chi connectivity index (χ4v) is 2.78. The minimum absolute atomic E-state index is 0.0217. The van der Waals surface area contributed by atoms with Gasteiger partial charge in [0.05, 0.1) is 12.7 Å². The zero-order valence-corrected chi connectivity index (χ0v) is 12.0. The first kappa shape index (κ1) is 13.9. The van der Waals surface area contributed by atoms with Gasteiger partial charge in [-0.3, -0.25) is 4.79 Å². The van der Waals surface area contributed by atoms with Gasteiger partial charge >= 0.3 is 0 Å². The summed E-state index contributed by atoms with van der Waals surface area (Å²) in [6, 6.07) is 6.01. The van der Waals surface area contributed by atoms with Gasteiger partial charge in [0.1, 0.15) is 5.58 Å². The lowest BCUT2D eigenvalue weighted by atomic mass is 10.1. The van der Waals surface area contributed by atoms with Crippen molar-refractivity contribution in [2.75, 3.05) is 6.61 Å². The Bertz CT molecular complexity index is 686. The van der Waals surface area contributed by atoms with Crippen molar-refractivity contribution in [2.45, 2.75) is 25.8 Å². The molecule has 4 heteroatoms. The van der Waals surface area contributed by atoms with Crippen molar-refractivity contribution in [3.63, 3.8) is 0 Å². The Morgan fingerprint density at radius 3 is 3.05 bits per heavy atom. The van der Waals surface area contributed by atoms with Gasteiger partial charge in [0, 0.05) is 29.5 Å². The van der Waals surface area contributed by atoms with Crippen LogP contribution in [0.25, 0.3) is 11.0 Å². The summed E-state index contributed by atoms with van der Waals surface area (Å²) in [6.07, 6.45) is 6.65. The van der Waals surface area contributed by atoms with Gasteiger partial charge in [-0.15, -0.1) is 0 Å².